The summed E-state index contributed by atoms with van der Waals surface area (Å²) < 4.78 is 64.9. The number of hydrogen-bond acceptors (Lipinski definition) is 6. The number of fused-ring (bicyclic) bond motifs is 1. The first kappa shape index (κ1) is 16.1. The molecule has 0 amide bonds. The second-order valence-electron chi connectivity index (χ2n) is 3.58. The first-order valence-electron chi connectivity index (χ1n) is 4.63. The van der Waals surface area contributed by atoms with Crippen molar-refractivity contribution in [2.24, 2.45) is 0 Å². The molecule has 2 aromatic rings. The van der Waals surface area contributed by atoms with E-state index in [4.69, 9.17) is 0 Å². The van der Waals surface area contributed by atoms with Crippen LogP contribution in [0.3, 0.4) is 0 Å². The minimum absolute atomic E-state index is 0. The topological polar surface area (TPSA) is 114 Å². The van der Waals surface area contributed by atoms with Gasteiger partial charge < -0.3 is 9.11 Å². The molecule has 6 nitrogen and oxygen atoms in total. The maximum Gasteiger partial charge on any atom is 2.00 e. The molecule has 0 heterocycles. The van der Waals surface area contributed by atoms with Gasteiger partial charge in [-0.15, -0.1) is 0 Å². The van der Waals surface area contributed by atoms with Crippen molar-refractivity contribution in [3.63, 3.8) is 0 Å². The molecule has 19 heavy (non-hydrogen) atoms. The first-order valence-corrected chi connectivity index (χ1v) is 7.45. The summed E-state index contributed by atoms with van der Waals surface area (Å²) in [5, 5.41) is 0.721. The quantitative estimate of drug-likeness (QED) is 0.583. The summed E-state index contributed by atoms with van der Waals surface area (Å²) in [7, 11) is -9.24. The first-order chi connectivity index (χ1) is 8.18. The van der Waals surface area contributed by atoms with Crippen LogP contribution >= 0.6 is 0 Å². The van der Waals surface area contributed by atoms with E-state index in [2.05, 4.69) is 0 Å². The molecule has 0 saturated heterocycles. The fourth-order valence-corrected chi connectivity index (χ4v) is 2.53. The smallest absolute Gasteiger partial charge is 0.744 e. The second kappa shape index (κ2) is 5.18. The van der Waals surface area contributed by atoms with E-state index in [9.17, 15) is 25.9 Å². The molecule has 0 aliphatic heterocycles. The van der Waals surface area contributed by atoms with E-state index in [-0.39, 0.29) is 21.9 Å². The van der Waals surface area contributed by atoms with E-state index >= 15 is 0 Å². The molecule has 0 unspecified atom stereocenters. The van der Waals surface area contributed by atoms with Crippen LogP contribution in [0.2, 0.25) is 0 Å². The zero-order valence-corrected chi connectivity index (χ0v) is 11.7. The fraction of sp³-hybridized carbons (Fsp3) is 0. The SMILES string of the molecule is O=S(=O)([O-])c1ccc2ccc(S(=O)(=O)[O-])cc2c1.[Ni+2]. The van der Waals surface area contributed by atoms with Crippen molar-refractivity contribution < 1.29 is 42.4 Å². The molecular formula is C10H6NiO6S2. The molecule has 0 radical (unpaired) electrons. The molecule has 0 aliphatic rings. The third-order valence-electron chi connectivity index (χ3n) is 2.36. The van der Waals surface area contributed by atoms with Gasteiger partial charge in [-0.1, -0.05) is 12.1 Å². The van der Waals surface area contributed by atoms with Gasteiger partial charge in [0.2, 0.25) is 0 Å². The summed E-state index contributed by atoms with van der Waals surface area (Å²) in [6.45, 7) is 0. The van der Waals surface area contributed by atoms with Gasteiger partial charge in [-0.05, 0) is 35.0 Å². The maximum absolute atomic E-state index is 10.8. The largest absolute Gasteiger partial charge is 2.00 e. The third-order valence-corrected chi connectivity index (χ3v) is 4.02. The van der Waals surface area contributed by atoms with E-state index < -0.39 is 30.0 Å². The van der Waals surface area contributed by atoms with Crippen LogP contribution in [0.5, 0.6) is 0 Å². The third kappa shape index (κ3) is 3.52. The van der Waals surface area contributed by atoms with Crippen molar-refractivity contribution in [3.8, 4) is 0 Å². The van der Waals surface area contributed by atoms with Crippen molar-refractivity contribution in [2.45, 2.75) is 9.79 Å². The van der Waals surface area contributed by atoms with Gasteiger partial charge in [0, 0.05) is 0 Å². The second-order valence-corrected chi connectivity index (χ2v) is 6.34. The van der Waals surface area contributed by atoms with E-state index in [0.29, 0.717) is 5.39 Å². The molecule has 0 aliphatic carbocycles. The predicted molar refractivity (Wildman–Crippen MR) is 59.9 cm³/mol. The van der Waals surface area contributed by atoms with Gasteiger partial charge >= 0.3 is 16.5 Å². The van der Waals surface area contributed by atoms with Crippen molar-refractivity contribution >= 4 is 31.0 Å². The molecular weight excluding hydrogens is 339 g/mol. The molecule has 0 aromatic heterocycles. The summed E-state index contributed by atoms with van der Waals surface area (Å²) in [5.74, 6) is 0. The average molecular weight is 345 g/mol. The van der Waals surface area contributed by atoms with Gasteiger partial charge in [0.15, 0.2) is 0 Å². The molecule has 0 saturated carbocycles. The number of benzene rings is 2. The Balaban J connectivity index is 0.00000180. The molecule has 9 heteroatoms. The average Bonchev–Trinajstić information content (AvgIpc) is 2.25. The van der Waals surface area contributed by atoms with Crippen LogP contribution in [-0.4, -0.2) is 25.9 Å². The monoisotopic (exact) mass is 344 g/mol. The fourth-order valence-electron chi connectivity index (χ4n) is 1.51. The zero-order chi connectivity index (χ0) is 13.6. The Morgan fingerprint density at radius 1 is 0.684 bits per heavy atom. The van der Waals surface area contributed by atoms with Crippen LogP contribution in [0, 0.1) is 0 Å². The Hall–Kier alpha value is -0.986. The van der Waals surface area contributed by atoms with Gasteiger partial charge in [-0.3, -0.25) is 0 Å². The Kier molecular flexibility index (Phi) is 4.38. The molecule has 2 aromatic carbocycles. The minimum Gasteiger partial charge on any atom is -0.744 e. The van der Waals surface area contributed by atoms with Crippen LogP contribution in [-0.2, 0) is 36.7 Å². The van der Waals surface area contributed by atoms with Crippen LogP contribution in [0.25, 0.3) is 10.8 Å². The van der Waals surface area contributed by atoms with E-state index in [1.807, 2.05) is 0 Å². The Morgan fingerprint density at radius 2 is 1.05 bits per heavy atom. The summed E-state index contributed by atoms with van der Waals surface area (Å²) >= 11 is 0. The summed E-state index contributed by atoms with van der Waals surface area (Å²) in [6.07, 6.45) is 0. The Labute approximate surface area is 119 Å². The normalized spacial score (nSPS) is 12.1. The van der Waals surface area contributed by atoms with Gasteiger partial charge in [0.1, 0.15) is 20.2 Å². The molecule has 0 spiro atoms. The van der Waals surface area contributed by atoms with Crippen molar-refractivity contribution in [2.75, 3.05) is 0 Å². The van der Waals surface area contributed by atoms with Crippen molar-refractivity contribution in [3.05, 3.63) is 36.4 Å². The van der Waals surface area contributed by atoms with Gasteiger partial charge in [0.25, 0.3) is 0 Å². The molecule has 0 atom stereocenters. The van der Waals surface area contributed by atoms with E-state index in [1.54, 1.807) is 0 Å². The maximum atomic E-state index is 10.8. The zero-order valence-electron chi connectivity index (χ0n) is 9.05. The molecule has 0 N–H and O–H groups in total. The van der Waals surface area contributed by atoms with Crippen molar-refractivity contribution in [1.82, 2.24) is 0 Å². The summed E-state index contributed by atoms with van der Waals surface area (Å²) in [4.78, 5) is -0.953. The molecule has 0 fully saturated rings. The molecule has 104 valence electrons. The predicted octanol–water partition coefficient (Wildman–Crippen LogP) is 0.646. The molecule has 0 bridgehead atoms. The Bertz CT molecular complexity index is 759. The van der Waals surface area contributed by atoms with Crippen LogP contribution < -0.4 is 0 Å². The van der Waals surface area contributed by atoms with E-state index in [1.165, 1.54) is 12.1 Å². The van der Waals surface area contributed by atoms with E-state index in [0.717, 1.165) is 24.3 Å². The van der Waals surface area contributed by atoms with Gasteiger partial charge in [-0.25, -0.2) is 16.8 Å². The van der Waals surface area contributed by atoms with Gasteiger partial charge in [0.05, 0.1) is 9.79 Å². The van der Waals surface area contributed by atoms with Crippen LogP contribution in [0.15, 0.2) is 46.2 Å². The van der Waals surface area contributed by atoms with Gasteiger partial charge in [-0.2, -0.15) is 0 Å². The number of rotatable bonds is 2. The summed E-state index contributed by atoms with van der Waals surface area (Å²) in [6, 6.07) is 7.04. The molecule has 2 rings (SSSR count). The Morgan fingerprint density at radius 3 is 1.37 bits per heavy atom. The van der Waals surface area contributed by atoms with Crippen LogP contribution in [0.1, 0.15) is 0 Å². The standard InChI is InChI=1S/C10H8O6S2.Ni/c11-17(12,13)9-3-1-7-2-4-10(18(14,15)16)6-8(7)5-9;/h1-6H,(H,11,12,13)(H,14,15,16);/q;+2/p-2. The summed E-state index contributed by atoms with van der Waals surface area (Å²) in [5.41, 5.74) is 0. The minimum atomic E-state index is -4.62. The number of hydrogen-bond donors (Lipinski definition) is 0. The van der Waals surface area contributed by atoms with Crippen molar-refractivity contribution in [1.29, 1.82) is 0 Å². The van der Waals surface area contributed by atoms with Crippen LogP contribution in [0.4, 0.5) is 0 Å².